The fourth-order valence-corrected chi connectivity index (χ4v) is 2.53. The van der Waals surface area contributed by atoms with Gasteiger partial charge in [0.25, 0.3) is 0 Å². The lowest BCUT2D eigenvalue weighted by molar-refractivity contribution is -0.123. The van der Waals surface area contributed by atoms with E-state index < -0.39 is 5.41 Å². The van der Waals surface area contributed by atoms with Crippen molar-refractivity contribution in [2.24, 2.45) is 11.3 Å². The minimum atomic E-state index is -0.421. The largest absolute Gasteiger partial charge is 0.326 e. The number of hydrogen-bond donors (Lipinski definition) is 1. The van der Waals surface area contributed by atoms with Crippen LogP contribution < -0.4 is 10.2 Å². The second-order valence-electron chi connectivity index (χ2n) is 7.30. The number of nitrogens with one attached hydrogen (secondary N) is 1. The molecule has 1 aliphatic rings. The molecule has 1 aliphatic heterocycles. The third kappa shape index (κ3) is 3.49. The van der Waals surface area contributed by atoms with E-state index in [0.717, 1.165) is 36.3 Å². The summed E-state index contributed by atoms with van der Waals surface area (Å²) in [7, 11) is 0. The van der Waals surface area contributed by atoms with E-state index in [1.807, 2.05) is 57.7 Å². The quantitative estimate of drug-likeness (QED) is 0.907. The van der Waals surface area contributed by atoms with Gasteiger partial charge in [-0.1, -0.05) is 34.6 Å². The highest BCUT2D eigenvalue weighted by molar-refractivity contribution is 5.97. The minimum Gasteiger partial charge on any atom is -0.326 e. The Bertz CT molecular complexity index is 585. The highest BCUT2D eigenvalue weighted by Gasteiger charge is 2.25. The first-order valence-electron chi connectivity index (χ1n) is 7.96. The van der Waals surface area contributed by atoms with E-state index in [1.54, 1.807) is 0 Å². The summed E-state index contributed by atoms with van der Waals surface area (Å²) in [5, 5.41) is 2.96. The maximum atomic E-state index is 12.3. The van der Waals surface area contributed by atoms with Crippen molar-refractivity contribution in [3.63, 3.8) is 0 Å². The van der Waals surface area contributed by atoms with E-state index in [1.165, 1.54) is 0 Å². The van der Waals surface area contributed by atoms with Crippen LogP contribution in [0.25, 0.3) is 0 Å². The predicted molar refractivity (Wildman–Crippen MR) is 90.0 cm³/mol. The number of fused-ring (bicyclic) bond motifs is 1. The molecule has 1 aromatic carbocycles. The van der Waals surface area contributed by atoms with E-state index in [9.17, 15) is 9.59 Å². The van der Waals surface area contributed by atoms with Crippen molar-refractivity contribution in [2.45, 2.75) is 47.5 Å². The van der Waals surface area contributed by atoms with Gasteiger partial charge in [0.2, 0.25) is 11.8 Å². The van der Waals surface area contributed by atoms with Gasteiger partial charge in [-0.3, -0.25) is 9.59 Å². The molecule has 0 unspecified atom stereocenters. The van der Waals surface area contributed by atoms with Gasteiger partial charge in [-0.15, -0.1) is 0 Å². The summed E-state index contributed by atoms with van der Waals surface area (Å²) in [5.74, 6) is 0.150. The van der Waals surface area contributed by atoms with Crippen LogP contribution in [0, 0.1) is 11.3 Å². The van der Waals surface area contributed by atoms with E-state index in [0.29, 0.717) is 0 Å². The maximum Gasteiger partial charge on any atom is 0.229 e. The van der Waals surface area contributed by atoms with Crippen LogP contribution in [0.15, 0.2) is 18.2 Å². The zero-order valence-electron chi connectivity index (χ0n) is 14.2. The molecule has 0 bridgehead atoms. The van der Waals surface area contributed by atoms with Gasteiger partial charge < -0.3 is 10.2 Å². The Balaban J connectivity index is 2.25. The van der Waals surface area contributed by atoms with Crippen LogP contribution in [0.1, 0.15) is 46.6 Å². The predicted octanol–water partition coefficient (Wildman–Crippen LogP) is 3.61. The average molecular weight is 302 g/mol. The molecule has 0 aliphatic carbocycles. The standard InChI is InChI=1S/C18H26N2O2/c1-12(2)16(21)20-10-6-7-13-11-14(8-9-15(13)20)19-17(22)18(3,4)5/h8-9,11-12H,6-7,10H2,1-5H3,(H,19,22). The topological polar surface area (TPSA) is 49.4 Å². The number of benzene rings is 1. The van der Waals surface area contributed by atoms with E-state index in [4.69, 9.17) is 0 Å². The highest BCUT2D eigenvalue weighted by Crippen LogP contribution is 2.31. The van der Waals surface area contributed by atoms with Gasteiger partial charge in [0.15, 0.2) is 0 Å². The Morgan fingerprint density at radius 2 is 1.91 bits per heavy atom. The molecular weight excluding hydrogens is 276 g/mol. The Morgan fingerprint density at radius 1 is 1.23 bits per heavy atom. The van der Waals surface area contributed by atoms with Gasteiger partial charge >= 0.3 is 0 Å². The van der Waals surface area contributed by atoms with Crippen molar-refractivity contribution < 1.29 is 9.59 Å². The molecule has 1 heterocycles. The van der Waals surface area contributed by atoms with Crippen molar-refractivity contribution in [2.75, 3.05) is 16.8 Å². The molecule has 0 aromatic heterocycles. The number of hydrogen-bond acceptors (Lipinski definition) is 2. The number of amides is 2. The first-order chi connectivity index (χ1) is 10.2. The number of aryl methyl sites for hydroxylation is 1. The van der Waals surface area contributed by atoms with Crippen molar-refractivity contribution in [3.8, 4) is 0 Å². The minimum absolute atomic E-state index is 0.00151. The average Bonchev–Trinajstić information content (AvgIpc) is 2.44. The van der Waals surface area contributed by atoms with Crippen molar-refractivity contribution in [3.05, 3.63) is 23.8 Å². The number of nitrogens with zero attached hydrogens (tertiary/aromatic N) is 1. The second-order valence-corrected chi connectivity index (χ2v) is 7.30. The number of rotatable bonds is 2. The van der Waals surface area contributed by atoms with Crippen LogP contribution in [0.3, 0.4) is 0 Å². The Morgan fingerprint density at radius 3 is 2.50 bits per heavy atom. The zero-order valence-corrected chi connectivity index (χ0v) is 14.2. The molecule has 2 amide bonds. The van der Waals surface area contributed by atoms with Gasteiger partial charge in [0.05, 0.1) is 0 Å². The Hall–Kier alpha value is -1.84. The number of carbonyl (C=O) groups excluding carboxylic acids is 2. The van der Waals surface area contributed by atoms with Gasteiger partial charge in [-0.25, -0.2) is 0 Å². The molecular formula is C18H26N2O2. The summed E-state index contributed by atoms with van der Waals surface area (Å²) in [6, 6.07) is 5.83. The lowest BCUT2D eigenvalue weighted by atomic mass is 9.95. The van der Waals surface area contributed by atoms with E-state index in [2.05, 4.69) is 5.32 Å². The molecule has 0 saturated heterocycles. The monoisotopic (exact) mass is 302 g/mol. The van der Waals surface area contributed by atoms with Crippen LogP contribution in [0.2, 0.25) is 0 Å². The van der Waals surface area contributed by atoms with Gasteiger partial charge in [-0.2, -0.15) is 0 Å². The van der Waals surface area contributed by atoms with E-state index in [-0.39, 0.29) is 17.7 Å². The summed E-state index contributed by atoms with van der Waals surface area (Å²) in [6.07, 6.45) is 1.90. The molecule has 0 saturated carbocycles. The summed E-state index contributed by atoms with van der Waals surface area (Å²) < 4.78 is 0. The Kier molecular flexibility index (Phi) is 4.59. The molecule has 0 atom stereocenters. The summed E-state index contributed by atoms with van der Waals surface area (Å²) in [6.45, 7) is 10.3. The van der Waals surface area contributed by atoms with Gasteiger partial charge in [0, 0.05) is 29.3 Å². The normalized spacial score (nSPS) is 14.7. The van der Waals surface area contributed by atoms with Gasteiger partial charge in [-0.05, 0) is 36.6 Å². The van der Waals surface area contributed by atoms with Crippen LogP contribution >= 0.6 is 0 Å². The number of anilines is 2. The lowest BCUT2D eigenvalue weighted by Crippen LogP contribution is -2.38. The first-order valence-corrected chi connectivity index (χ1v) is 7.96. The Labute approximate surface area is 132 Å². The molecule has 4 heteroatoms. The smallest absolute Gasteiger partial charge is 0.229 e. The molecule has 0 radical (unpaired) electrons. The third-order valence-corrected chi connectivity index (χ3v) is 3.90. The fourth-order valence-electron chi connectivity index (χ4n) is 2.53. The van der Waals surface area contributed by atoms with Crippen LogP contribution in [-0.4, -0.2) is 18.4 Å². The summed E-state index contributed by atoms with van der Waals surface area (Å²) in [5.41, 5.74) is 2.50. The van der Waals surface area contributed by atoms with Crippen molar-refractivity contribution >= 4 is 23.2 Å². The summed E-state index contributed by atoms with van der Waals surface area (Å²) in [4.78, 5) is 26.3. The van der Waals surface area contributed by atoms with Gasteiger partial charge in [0.1, 0.15) is 0 Å². The molecule has 4 nitrogen and oxygen atoms in total. The lowest BCUT2D eigenvalue weighted by Gasteiger charge is -2.31. The molecule has 22 heavy (non-hydrogen) atoms. The third-order valence-electron chi connectivity index (χ3n) is 3.90. The molecule has 0 fully saturated rings. The summed E-state index contributed by atoms with van der Waals surface area (Å²) >= 11 is 0. The first kappa shape index (κ1) is 16.5. The number of carbonyl (C=O) groups is 2. The molecule has 120 valence electrons. The fraction of sp³-hybridized carbons (Fsp3) is 0.556. The SMILES string of the molecule is CC(C)C(=O)N1CCCc2cc(NC(=O)C(C)(C)C)ccc21. The maximum absolute atomic E-state index is 12.3. The molecule has 2 rings (SSSR count). The zero-order chi connectivity index (χ0) is 16.5. The molecule has 1 N–H and O–H groups in total. The van der Waals surface area contributed by atoms with E-state index >= 15 is 0 Å². The van der Waals surface area contributed by atoms with Crippen LogP contribution in [-0.2, 0) is 16.0 Å². The molecule has 1 aromatic rings. The van der Waals surface area contributed by atoms with Crippen LogP contribution in [0.4, 0.5) is 11.4 Å². The van der Waals surface area contributed by atoms with Crippen molar-refractivity contribution in [1.82, 2.24) is 0 Å². The second kappa shape index (κ2) is 6.11. The molecule has 0 spiro atoms. The van der Waals surface area contributed by atoms with Crippen LogP contribution in [0.5, 0.6) is 0 Å². The van der Waals surface area contributed by atoms with Crippen molar-refractivity contribution in [1.29, 1.82) is 0 Å². The highest BCUT2D eigenvalue weighted by atomic mass is 16.2.